The first kappa shape index (κ1) is 24.4. The largest absolute Gasteiger partial charge is 0.356 e. The van der Waals surface area contributed by atoms with Crippen molar-refractivity contribution in [3.05, 3.63) is 48.0 Å². The van der Waals surface area contributed by atoms with Crippen LogP contribution in [0.5, 0.6) is 0 Å². The van der Waals surface area contributed by atoms with E-state index in [2.05, 4.69) is 60.3 Å². The normalized spacial score (nSPS) is 10.9. The lowest BCUT2D eigenvalue weighted by Gasteiger charge is -2.13. The number of carbonyl (C=O) groups is 1. The van der Waals surface area contributed by atoms with Crippen molar-refractivity contribution in [1.82, 2.24) is 15.5 Å². The molecule has 0 heterocycles. The minimum absolute atomic E-state index is 0. The molecule has 0 aliphatic carbocycles. The van der Waals surface area contributed by atoms with Gasteiger partial charge in [-0.1, -0.05) is 44.2 Å². The second kappa shape index (κ2) is 13.6. The van der Waals surface area contributed by atoms with E-state index in [0.29, 0.717) is 18.4 Å². The summed E-state index contributed by atoms with van der Waals surface area (Å²) < 4.78 is 0. The molecule has 1 aromatic rings. The molecular formula is C20H33IN4O. The number of carbonyl (C=O) groups excluding carboxylic acids is 1. The van der Waals surface area contributed by atoms with Crippen LogP contribution in [0.3, 0.4) is 0 Å². The fourth-order valence-electron chi connectivity index (χ4n) is 2.20. The van der Waals surface area contributed by atoms with Gasteiger partial charge in [0.05, 0.1) is 0 Å². The van der Waals surface area contributed by atoms with Crippen LogP contribution in [0, 0.1) is 0 Å². The van der Waals surface area contributed by atoms with E-state index in [1.807, 2.05) is 0 Å². The van der Waals surface area contributed by atoms with Crippen LogP contribution in [0.15, 0.2) is 41.9 Å². The van der Waals surface area contributed by atoms with E-state index >= 15 is 0 Å². The van der Waals surface area contributed by atoms with Crippen LogP contribution < -0.4 is 10.6 Å². The maximum atomic E-state index is 11.7. The van der Waals surface area contributed by atoms with Crippen LogP contribution in [0.2, 0.25) is 0 Å². The number of benzene rings is 1. The average Bonchev–Trinajstić information content (AvgIpc) is 2.60. The number of aryl methyl sites for hydroxylation is 1. The summed E-state index contributed by atoms with van der Waals surface area (Å²) in [4.78, 5) is 17.5. The fraction of sp³-hybridized carbons (Fsp3) is 0.500. The van der Waals surface area contributed by atoms with E-state index in [-0.39, 0.29) is 36.4 Å². The topological polar surface area (TPSA) is 56.7 Å². The summed E-state index contributed by atoms with van der Waals surface area (Å²) >= 11 is 0. The van der Waals surface area contributed by atoms with Gasteiger partial charge >= 0.3 is 0 Å². The van der Waals surface area contributed by atoms with Crippen molar-refractivity contribution in [1.29, 1.82) is 0 Å². The maximum Gasteiger partial charge on any atom is 0.243 e. The van der Waals surface area contributed by atoms with Crippen molar-refractivity contribution >= 4 is 35.8 Å². The van der Waals surface area contributed by atoms with Crippen molar-refractivity contribution in [2.24, 2.45) is 4.99 Å². The van der Waals surface area contributed by atoms with Crippen LogP contribution >= 0.6 is 24.0 Å². The molecule has 0 fully saturated rings. The highest BCUT2D eigenvalue weighted by Crippen LogP contribution is 2.15. The van der Waals surface area contributed by atoms with Crippen molar-refractivity contribution in [2.75, 3.05) is 33.7 Å². The zero-order chi connectivity index (χ0) is 18.7. The molecule has 5 nitrogen and oxygen atoms in total. The van der Waals surface area contributed by atoms with Gasteiger partial charge in [-0.2, -0.15) is 0 Å². The second-order valence-electron chi connectivity index (χ2n) is 6.55. The van der Waals surface area contributed by atoms with Gasteiger partial charge in [0.25, 0.3) is 0 Å². The Bertz CT molecular complexity index is 568. The van der Waals surface area contributed by atoms with Crippen LogP contribution in [0.25, 0.3) is 0 Å². The van der Waals surface area contributed by atoms with E-state index in [1.54, 1.807) is 20.2 Å². The van der Waals surface area contributed by atoms with Gasteiger partial charge in [0.2, 0.25) is 5.91 Å². The molecule has 1 aromatic carbocycles. The summed E-state index contributed by atoms with van der Waals surface area (Å²) in [7, 11) is 3.46. The highest BCUT2D eigenvalue weighted by atomic mass is 127. The van der Waals surface area contributed by atoms with Gasteiger partial charge in [-0.3, -0.25) is 4.79 Å². The van der Waals surface area contributed by atoms with Gasteiger partial charge in [-0.25, -0.2) is 4.99 Å². The minimum atomic E-state index is -0.0232. The fourth-order valence-corrected chi connectivity index (χ4v) is 2.20. The molecule has 0 spiro atoms. The van der Waals surface area contributed by atoms with Gasteiger partial charge in [0, 0.05) is 27.2 Å². The average molecular weight is 472 g/mol. The molecule has 0 aliphatic rings. The zero-order valence-electron chi connectivity index (χ0n) is 16.4. The Kier molecular flexibility index (Phi) is 12.8. The Balaban J connectivity index is 0.00000625. The molecule has 26 heavy (non-hydrogen) atoms. The van der Waals surface area contributed by atoms with Crippen LogP contribution in [-0.2, 0) is 11.2 Å². The van der Waals surface area contributed by atoms with Gasteiger partial charge in [-0.05, 0) is 29.9 Å². The molecule has 1 amide bonds. The van der Waals surface area contributed by atoms with E-state index in [9.17, 15) is 4.79 Å². The number of nitrogens with one attached hydrogen (secondary N) is 2. The third-order valence-electron chi connectivity index (χ3n) is 3.87. The minimum Gasteiger partial charge on any atom is -0.356 e. The first-order valence-corrected chi connectivity index (χ1v) is 8.86. The standard InChI is InChI=1S/C20H32N4O.HI/c1-6-13-21-20(23-15-19(25)24(4)5)22-14-7-8-17-9-11-18(12-10-17)16(2)3;/h6,9-12,16H,1,7-8,13-15H2,2-5H3,(H2,21,22,23);1H. The summed E-state index contributed by atoms with van der Waals surface area (Å²) in [5, 5.41) is 6.40. The Hall–Kier alpha value is -1.57. The number of halogens is 1. The summed E-state index contributed by atoms with van der Waals surface area (Å²) in [5.74, 6) is 1.19. The third kappa shape index (κ3) is 9.79. The molecule has 0 unspecified atom stereocenters. The molecule has 0 aliphatic heterocycles. The molecule has 0 saturated carbocycles. The lowest BCUT2D eigenvalue weighted by Crippen LogP contribution is -2.39. The Morgan fingerprint density at radius 3 is 2.42 bits per heavy atom. The monoisotopic (exact) mass is 472 g/mol. The highest BCUT2D eigenvalue weighted by molar-refractivity contribution is 14.0. The number of guanidine groups is 1. The first-order chi connectivity index (χ1) is 11.9. The number of likely N-dealkylation sites (N-methyl/N-ethyl adjacent to an activating group) is 1. The maximum absolute atomic E-state index is 11.7. The molecule has 0 atom stereocenters. The Morgan fingerprint density at radius 1 is 1.23 bits per heavy atom. The molecular weight excluding hydrogens is 439 g/mol. The number of nitrogens with zero attached hydrogens (tertiary/aromatic N) is 2. The van der Waals surface area contributed by atoms with E-state index in [1.165, 1.54) is 16.0 Å². The van der Waals surface area contributed by atoms with Crippen LogP contribution in [0.4, 0.5) is 0 Å². The van der Waals surface area contributed by atoms with Crippen LogP contribution in [0.1, 0.15) is 37.3 Å². The second-order valence-corrected chi connectivity index (χ2v) is 6.55. The van der Waals surface area contributed by atoms with Gasteiger partial charge < -0.3 is 15.5 Å². The molecule has 0 bridgehead atoms. The number of rotatable bonds is 9. The summed E-state index contributed by atoms with van der Waals surface area (Å²) in [5.41, 5.74) is 2.71. The van der Waals surface area contributed by atoms with Crippen molar-refractivity contribution in [3.8, 4) is 0 Å². The number of hydrogen-bond donors (Lipinski definition) is 2. The smallest absolute Gasteiger partial charge is 0.243 e. The highest BCUT2D eigenvalue weighted by Gasteiger charge is 2.04. The van der Waals surface area contributed by atoms with E-state index < -0.39 is 0 Å². The van der Waals surface area contributed by atoms with Crippen molar-refractivity contribution < 1.29 is 4.79 Å². The van der Waals surface area contributed by atoms with E-state index in [4.69, 9.17) is 0 Å². The quantitative estimate of drug-likeness (QED) is 0.191. The molecule has 0 saturated heterocycles. The number of aliphatic imine (C=N–C) groups is 1. The molecule has 1 rings (SSSR count). The van der Waals surface area contributed by atoms with Gasteiger partial charge in [0.15, 0.2) is 5.96 Å². The lowest BCUT2D eigenvalue weighted by atomic mass is 10.0. The van der Waals surface area contributed by atoms with Gasteiger partial charge in [-0.15, -0.1) is 30.6 Å². The van der Waals surface area contributed by atoms with Crippen molar-refractivity contribution in [2.45, 2.75) is 32.6 Å². The number of hydrogen-bond acceptors (Lipinski definition) is 2. The SMILES string of the molecule is C=CCNC(=NCC(=O)N(C)C)NCCCc1ccc(C(C)C)cc1.I. The summed E-state index contributed by atoms with van der Waals surface area (Å²) in [6.45, 7) is 9.64. The third-order valence-corrected chi connectivity index (χ3v) is 3.87. The molecule has 0 aromatic heterocycles. The molecule has 2 N–H and O–H groups in total. The number of amides is 1. The zero-order valence-corrected chi connectivity index (χ0v) is 18.7. The molecule has 0 radical (unpaired) electrons. The molecule has 146 valence electrons. The van der Waals surface area contributed by atoms with Crippen LogP contribution in [-0.4, -0.2) is 50.5 Å². The summed E-state index contributed by atoms with van der Waals surface area (Å²) in [6.07, 6.45) is 3.77. The first-order valence-electron chi connectivity index (χ1n) is 8.86. The Morgan fingerprint density at radius 2 is 1.88 bits per heavy atom. The van der Waals surface area contributed by atoms with E-state index in [0.717, 1.165) is 19.4 Å². The lowest BCUT2D eigenvalue weighted by molar-refractivity contribution is -0.127. The predicted octanol–water partition coefficient (Wildman–Crippen LogP) is 3.17. The Labute approximate surface area is 175 Å². The van der Waals surface area contributed by atoms with Gasteiger partial charge in [0.1, 0.15) is 6.54 Å². The molecule has 6 heteroatoms. The predicted molar refractivity (Wildman–Crippen MR) is 121 cm³/mol. The summed E-state index contributed by atoms with van der Waals surface area (Å²) in [6, 6.07) is 8.82. The van der Waals surface area contributed by atoms with Crippen molar-refractivity contribution in [3.63, 3.8) is 0 Å².